The van der Waals surface area contributed by atoms with Gasteiger partial charge in [0.15, 0.2) is 0 Å². The number of nitrogens with zero attached hydrogens (tertiary/aromatic N) is 1. The molecule has 25 heavy (non-hydrogen) atoms. The molecule has 9 heteroatoms. The lowest BCUT2D eigenvalue weighted by Gasteiger charge is -2.44. The van der Waals surface area contributed by atoms with Crippen molar-refractivity contribution in [2.45, 2.75) is 44.2 Å². The number of hydrogen-bond acceptors (Lipinski definition) is 5. The van der Waals surface area contributed by atoms with Gasteiger partial charge in [0.2, 0.25) is 15.9 Å². The Hall–Kier alpha value is -1.19. The normalized spacial score (nSPS) is 21.9. The molecule has 1 heterocycles. The first-order chi connectivity index (χ1) is 11.0. The Morgan fingerprint density at radius 2 is 2.04 bits per heavy atom. The number of halogens is 1. The van der Waals surface area contributed by atoms with Gasteiger partial charge in [-0.3, -0.25) is 9.69 Å². The second-order valence-corrected chi connectivity index (χ2v) is 8.65. The minimum Gasteiger partial charge on any atom is -0.327 e. The first-order valence-electron chi connectivity index (χ1n) is 7.94. The Balaban J connectivity index is 0.00000312. The van der Waals surface area contributed by atoms with E-state index < -0.39 is 10.0 Å². The van der Waals surface area contributed by atoms with E-state index in [9.17, 15) is 13.2 Å². The Morgan fingerprint density at radius 1 is 1.40 bits per heavy atom. The van der Waals surface area contributed by atoms with Gasteiger partial charge in [-0.1, -0.05) is 19.9 Å². The number of primary sulfonamides is 1. The molecule has 1 saturated heterocycles. The molecule has 1 aliphatic rings. The number of likely N-dealkylation sites (tertiary alicyclic amines) is 1. The van der Waals surface area contributed by atoms with Crippen molar-refractivity contribution in [3.8, 4) is 0 Å². The van der Waals surface area contributed by atoms with Gasteiger partial charge < -0.3 is 11.1 Å². The molecule has 0 spiro atoms. The molecule has 0 aromatic heterocycles. The average Bonchev–Trinajstić information content (AvgIpc) is 2.48. The number of carbonyl (C=O) groups is 1. The summed E-state index contributed by atoms with van der Waals surface area (Å²) in [5.74, 6) is -0.187. The number of rotatable bonds is 4. The smallest absolute Gasteiger partial charge is 0.241 e. The van der Waals surface area contributed by atoms with Gasteiger partial charge in [-0.2, -0.15) is 0 Å². The highest BCUT2D eigenvalue weighted by Crippen LogP contribution is 2.29. The summed E-state index contributed by atoms with van der Waals surface area (Å²) in [4.78, 5) is 14.6. The molecule has 0 aliphatic carbocycles. The predicted octanol–water partition coefficient (Wildman–Crippen LogP) is 1.14. The van der Waals surface area contributed by atoms with Gasteiger partial charge >= 0.3 is 0 Å². The van der Waals surface area contributed by atoms with E-state index in [0.29, 0.717) is 5.69 Å². The van der Waals surface area contributed by atoms with Gasteiger partial charge in [0, 0.05) is 24.8 Å². The minimum atomic E-state index is -3.80. The molecule has 142 valence electrons. The van der Waals surface area contributed by atoms with Gasteiger partial charge in [-0.05, 0) is 37.0 Å². The van der Waals surface area contributed by atoms with Crippen molar-refractivity contribution in [2.24, 2.45) is 16.3 Å². The molecule has 2 atom stereocenters. The van der Waals surface area contributed by atoms with Crippen LogP contribution < -0.4 is 16.2 Å². The van der Waals surface area contributed by atoms with Gasteiger partial charge in [-0.15, -0.1) is 12.4 Å². The summed E-state index contributed by atoms with van der Waals surface area (Å²) >= 11 is 0. The first-order valence-corrected chi connectivity index (χ1v) is 9.49. The second-order valence-electron chi connectivity index (χ2n) is 7.09. The molecule has 5 N–H and O–H groups in total. The molecule has 0 saturated carbocycles. The molecule has 1 aliphatic heterocycles. The van der Waals surface area contributed by atoms with E-state index in [4.69, 9.17) is 10.9 Å². The number of benzene rings is 1. The SMILES string of the molecule is CC(C(=O)Nc1cccc(S(N)(=O)=O)c1)N1CCC(N)C(C)(C)C1.Cl. The first kappa shape index (κ1) is 21.9. The largest absolute Gasteiger partial charge is 0.327 e. The number of carbonyl (C=O) groups excluding carboxylic acids is 1. The summed E-state index contributed by atoms with van der Waals surface area (Å²) in [6.45, 7) is 7.54. The second kappa shape index (κ2) is 8.01. The third kappa shape index (κ3) is 5.39. The van der Waals surface area contributed by atoms with Crippen molar-refractivity contribution in [3.63, 3.8) is 0 Å². The fourth-order valence-corrected chi connectivity index (χ4v) is 3.47. The van der Waals surface area contributed by atoms with Crippen molar-refractivity contribution < 1.29 is 13.2 Å². The van der Waals surface area contributed by atoms with E-state index >= 15 is 0 Å². The lowest BCUT2D eigenvalue weighted by molar-refractivity contribution is -0.122. The average molecular weight is 391 g/mol. The molecule has 1 aromatic carbocycles. The van der Waals surface area contributed by atoms with E-state index in [-0.39, 0.29) is 40.7 Å². The van der Waals surface area contributed by atoms with Crippen LogP contribution in [-0.2, 0) is 14.8 Å². The molecular weight excluding hydrogens is 364 g/mol. The van der Waals surface area contributed by atoms with E-state index in [1.165, 1.54) is 12.1 Å². The van der Waals surface area contributed by atoms with Crippen LogP contribution in [0.2, 0.25) is 0 Å². The van der Waals surface area contributed by atoms with E-state index in [0.717, 1.165) is 19.5 Å². The molecule has 1 amide bonds. The Labute approximate surface area is 155 Å². The van der Waals surface area contributed by atoms with Crippen molar-refractivity contribution in [3.05, 3.63) is 24.3 Å². The Kier molecular flexibility index (Phi) is 7.00. The standard InChI is InChI=1S/C16H26N4O3S.ClH/c1-11(20-8-7-14(17)16(2,3)10-20)15(21)19-12-5-4-6-13(9-12)24(18,22)23;/h4-6,9,11,14H,7-8,10,17H2,1-3H3,(H,19,21)(H2,18,22,23);1H. The quantitative estimate of drug-likeness (QED) is 0.712. The van der Waals surface area contributed by atoms with Crippen LogP contribution in [0.15, 0.2) is 29.2 Å². The van der Waals surface area contributed by atoms with Crippen molar-refractivity contribution in [1.29, 1.82) is 0 Å². The Bertz CT molecular complexity index is 724. The van der Waals surface area contributed by atoms with Crippen molar-refractivity contribution in [1.82, 2.24) is 4.90 Å². The molecular formula is C16H27ClN4O3S. The molecule has 7 nitrogen and oxygen atoms in total. The van der Waals surface area contributed by atoms with Gasteiger partial charge in [0.25, 0.3) is 0 Å². The number of amides is 1. The van der Waals surface area contributed by atoms with Crippen LogP contribution in [0.25, 0.3) is 0 Å². The summed E-state index contributed by atoms with van der Waals surface area (Å²) in [5.41, 5.74) is 6.49. The van der Waals surface area contributed by atoms with Gasteiger partial charge in [0.1, 0.15) is 0 Å². The van der Waals surface area contributed by atoms with Crippen LogP contribution in [-0.4, -0.2) is 44.4 Å². The number of nitrogens with one attached hydrogen (secondary N) is 1. The number of anilines is 1. The molecule has 0 bridgehead atoms. The van der Waals surface area contributed by atoms with Crippen LogP contribution in [0.1, 0.15) is 27.2 Å². The van der Waals surface area contributed by atoms with Crippen LogP contribution in [0, 0.1) is 5.41 Å². The number of sulfonamides is 1. The highest BCUT2D eigenvalue weighted by molar-refractivity contribution is 7.89. The summed E-state index contributed by atoms with van der Waals surface area (Å²) in [7, 11) is -3.80. The van der Waals surface area contributed by atoms with Crippen molar-refractivity contribution in [2.75, 3.05) is 18.4 Å². The van der Waals surface area contributed by atoms with Crippen molar-refractivity contribution >= 4 is 34.0 Å². The van der Waals surface area contributed by atoms with Crippen LogP contribution in [0.5, 0.6) is 0 Å². The molecule has 2 unspecified atom stereocenters. The third-order valence-corrected chi connectivity index (χ3v) is 5.61. The summed E-state index contributed by atoms with van der Waals surface area (Å²) in [6.07, 6.45) is 0.839. The molecule has 0 radical (unpaired) electrons. The van der Waals surface area contributed by atoms with Gasteiger partial charge in [0.05, 0.1) is 10.9 Å². The predicted molar refractivity (Wildman–Crippen MR) is 101 cm³/mol. The number of hydrogen-bond donors (Lipinski definition) is 3. The molecule has 1 fully saturated rings. The zero-order valence-corrected chi connectivity index (χ0v) is 16.4. The zero-order valence-electron chi connectivity index (χ0n) is 14.7. The zero-order chi connectivity index (χ0) is 18.1. The highest BCUT2D eigenvalue weighted by atomic mass is 35.5. The number of nitrogens with two attached hydrogens (primary N) is 2. The fraction of sp³-hybridized carbons (Fsp3) is 0.562. The maximum Gasteiger partial charge on any atom is 0.241 e. The maximum absolute atomic E-state index is 12.5. The Morgan fingerprint density at radius 3 is 2.60 bits per heavy atom. The summed E-state index contributed by atoms with van der Waals surface area (Å²) in [5, 5.41) is 7.87. The summed E-state index contributed by atoms with van der Waals surface area (Å²) in [6, 6.07) is 5.71. The maximum atomic E-state index is 12.5. The fourth-order valence-electron chi connectivity index (χ4n) is 2.91. The van der Waals surface area contributed by atoms with Crippen LogP contribution >= 0.6 is 12.4 Å². The van der Waals surface area contributed by atoms with E-state index in [1.807, 2.05) is 6.92 Å². The highest BCUT2D eigenvalue weighted by Gasteiger charge is 2.36. The number of piperidine rings is 1. The van der Waals surface area contributed by atoms with E-state index in [2.05, 4.69) is 24.1 Å². The van der Waals surface area contributed by atoms with Crippen LogP contribution in [0.4, 0.5) is 5.69 Å². The van der Waals surface area contributed by atoms with E-state index in [1.54, 1.807) is 12.1 Å². The summed E-state index contributed by atoms with van der Waals surface area (Å²) < 4.78 is 22.8. The van der Waals surface area contributed by atoms with Crippen LogP contribution in [0.3, 0.4) is 0 Å². The topological polar surface area (TPSA) is 119 Å². The third-order valence-electron chi connectivity index (χ3n) is 4.70. The molecule has 2 rings (SSSR count). The minimum absolute atomic E-state index is 0. The van der Waals surface area contributed by atoms with Gasteiger partial charge in [-0.25, -0.2) is 13.6 Å². The lowest BCUT2D eigenvalue weighted by atomic mass is 9.79. The monoisotopic (exact) mass is 390 g/mol. The molecule has 1 aromatic rings. The lowest BCUT2D eigenvalue weighted by Crippen LogP contribution is -2.56.